The van der Waals surface area contributed by atoms with E-state index in [-0.39, 0.29) is 11.9 Å². The Morgan fingerprint density at radius 2 is 2.47 bits per heavy atom. The first-order valence-electron chi connectivity index (χ1n) is 4.70. The maximum atomic E-state index is 11.2. The van der Waals surface area contributed by atoms with Crippen LogP contribution in [0.4, 0.5) is 0 Å². The van der Waals surface area contributed by atoms with Gasteiger partial charge < -0.3 is 9.47 Å². The number of carbonyl (C=O) groups is 1. The van der Waals surface area contributed by atoms with Gasteiger partial charge in [-0.3, -0.25) is 4.79 Å². The molecule has 0 unspecified atom stereocenters. The number of ether oxygens (including phenoxy) is 2. The van der Waals surface area contributed by atoms with Crippen LogP contribution in [0.1, 0.15) is 17.9 Å². The van der Waals surface area contributed by atoms with Crippen LogP contribution in [-0.2, 0) is 9.53 Å². The van der Waals surface area contributed by atoms with E-state index in [1.54, 1.807) is 0 Å². The molecule has 0 fully saturated rings. The monoisotopic (exact) mass is 270 g/mol. The van der Waals surface area contributed by atoms with Crippen molar-refractivity contribution in [2.75, 3.05) is 13.7 Å². The number of carbonyl (C=O) groups excluding carboxylic acids is 1. The molecule has 1 aromatic carbocycles. The summed E-state index contributed by atoms with van der Waals surface area (Å²) in [6.45, 7) is 0.556. The zero-order valence-corrected chi connectivity index (χ0v) is 9.91. The molecule has 15 heavy (non-hydrogen) atoms. The number of esters is 1. The second kappa shape index (κ2) is 4.23. The maximum absolute atomic E-state index is 11.2. The van der Waals surface area contributed by atoms with Gasteiger partial charge in [0.2, 0.25) is 0 Å². The van der Waals surface area contributed by atoms with Crippen LogP contribution in [0, 0.1) is 0 Å². The summed E-state index contributed by atoms with van der Waals surface area (Å²) in [6.07, 6.45) is 0.380. The third-order valence-electron chi connectivity index (χ3n) is 2.50. The molecule has 4 heteroatoms. The SMILES string of the molecule is COC(=O)C[C@H]1COc2cc(Br)ccc21. The zero-order chi connectivity index (χ0) is 10.8. The van der Waals surface area contributed by atoms with Gasteiger partial charge in [-0.25, -0.2) is 0 Å². The number of methoxy groups -OCH3 is 1. The molecular weight excluding hydrogens is 260 g/mol. The Balaban J connectivity index is 2.18. The van der Waals surface area contributed by atoms with E-state index >= 15 is 0 Å². The van der Waals surface area contributed by atoms with Gasteiger partial charge >= 0.3 is 5.97 Å². The highest BCUT2D eigenvalue weighted by Crippen LogP contribution is 2.37. The van der Waals surface area contributed by atoms with Crippen LogP contribution in [0.2, 0.25) is 0 Å². The van der Waals surface area contributed by atoms with Crippen LogP contribution in [0.15, 0.2) is 22.7 Å². The molecule has 1 atom stereocenters. The summed E-state index contributed by atoms with van der Waals surface area (Å²) in [6, 6.07) is 5.87. The van der Waals surface area contributed by atoms with Crippen LogP contribution in [0.25, 0.3) is 0 Å². The van der Waals surface area contributed by atoms with Crippen molar-refractivity contribution in [3.8, 4) is 5.75 Å². The van der Waals surface area contributed by atoms with Gasteiger partial charge in [0.25, 0.3) is 0 Å². The normalized spacial score (nSPS) is 18.1. The predicted octanol–water partition coefficient (Wildman–Crippen LogP) is 2.49. The molecule has 1 heterocycles. The number of rotatable bonds is 2. The first kappa shape index (κ1) is 10.5. The summed E-state index contributed by atoms with van der Waals surface area (Å²) in [5, 5.41) is 0. The topological polar surface area (TPSA) is 35.5 Å². The molecule has 0 amide bonds. The molecule has 0 saturated heterocycles. The van der Waals surface area contributed by atoms with E-state index in [4.69, 9.17) is 4.74 Å². The minimum Gasteiger partial charge on any atom is -0.493 e. The van der Waals surface area contributed by atoms with Crippen LogP contribution < -0.4 is 4.74 Å². The first-order chi connectivity index (χ1) is 7.20. The van der Waals surface area contributed by atoms with Crippen molar-refractivity contribution < 1.29 is 14.3 Å². The maximum Gasteiger partial charge on any atom is 0.306 e. The molecule has 0 radical (unpaired) electrons. The van der Waals surface area contributed by atoms with Gasteiger partial charge in [0, 0.05) is 16.0 Å². The molecule has 3 nitrogen and oxygen atoms in total. The summed E-state index contributed by atoms with van der Waals surface area (Å²) >= 11 is 3.38. The van der Waals surface area contributed by atoms with Crippen LogP contribution in [0.3, 0.4) is 0 Å². The molecular formula is C11H11BrO3. The molecule has 0 bridgehead atoms. The second-order valence-electron chi connectivity index (χ2n) is 3.47. The molecule has 2 rings (SSSR count). The van der Waals surface area contributed by atoms with Crippen molar-refractivity contribution in [1.82, 2.24) is 0 Å². The Bertz CT molecular complexity index is 389. The highest BCUT2D eigenvalue weighted by Gasteiger charge is 2.26. The Morgan fingerprint density at radius 1 is 1.67 bits per heavy atom. The lowest BCUT2D eigenvalue weighted by atomic mass is 9.98. The van der Waals surface area contributed by atoms with Crippen LogP contribution >= 0.6 is 15.9 Å². The van der Waals surface area contributed by atoms with Gasteiger partial charge in [0.05, 0.1) is 20.1 Å². The Labute approximate surface area is 96.5 Å². The second-order valence-corrected chi connectivity index (χ2v) is 4.39. The fourth-order valence-electron chi connectivity index (χ4n) is 1.70. The van der Waals surface area contributed by atoms with E-state index in [0.717, 1.165) is 15.8 Å². The molecule has 0 N–H and O–H groups in total. The minimum atomic E-state index is -0.195. The van der Waals surface area contributed by atoms with Crippen LogP contribution in [-0.4, -0.2) is 19.7 Å². The third kappa shape index (κ3) is 2.15. The summed E-state index contributed by atoms with van der Waals surface area (Å²) in [5.41, 5.74) is 1.09. The largest absolute Gasteiger partial charge is 0.493 e. The van der Waals surface area contributed by atoms with E-state index in [1.165, 1.54) is 7.11 Å². The predicted molar refractivity (Wildman–Crippen MR) is 59.0 cm³/mol. The number of benzene rings is 1. The summed E-state index contributed by atoms with van der Waals surface area (Å²) in [5.74, 6) is 0.790. The van der Waals surface area contributed by atoms with Crippen molar-refractivity contribution in [2.24, 2.45) is 0 Å². The van der Waals surface area contributed by atoms with E-state index in [0.29, 0.717) is 13.0 Å². The fourth-order valence-corrected chi connectivity index (χ4v) is 2.04. The quantitative estimate of drug-likeness (QED) is 0.775. The molecule has 1 aromatic rings. The zero-order valence-electron chi connectivity index (χ0n) is 8.33. The molecule has 0 saturated carbocycles. The highest BCUT2D eigenvalue weighted by molar-refractivity contribution is 9.10. The molecule has 0 spiro atoms. The Hall–Kier alpha value is -1.03. The molecule has 80 valence electrons. The summed E-state index contributed by atoms with van der Waals surface area (Å²) in [7, 11) is 1.40. The molecule has 1 aliphatic rings. The average Bonchev–Trinajstić information content (AvgIpc) is 2.60. The number of halogens is 1. The molecule has 0 aliphatic carbocycles. The Morgan fingerprint density at radius 3 is 3.20 bits per heavy atom. The van der Waals surface area contributed by atoms with E-state index in [9.17, 15) is 4.79 Å². The van der Waals surface area contributed by atoms with E-state index in [2.05, 4.69) is 20.7 Å². The minimum absolute atomic E-state index is 0.126. The number of hydrogen-bond donors (Lipinski definition) is 0. The number of fused-ring (bicyclic) bond motifs is 1. The fraction of sp³-hybridized carbons (Fsp3) is 0.364. The Kier molecular flexibility index (Phi) is 2.95. The average molecular weight is 271 g/mol. The van der Waals surface area contributed by atoms with Crippen molar-refractivity contribution in [1.29, 1.82) is 0 Å². The molecule has 0 aromatic heterocycles. The van der Waals surface area contributed by atoms with Gasteiger partial charge in [-0.2, -0.15) is 0 Å². The van der Waals surface area contributed by atoms with Crippen molar-refractivity contribution in [2.45, 2.75) is 12.3 Å². The van der Waals surface area contributed by atoms with Crippen molar-refractivity contribution >= 4 is 21.9 Å². The van der Waals surface area contributed by atoms with Gasteiger partial charge in [0.15, 0.2) is 0 Å². The van der Waals surface area contributed by atoms with Crippen molar-refractivity contribution in [3.05, 3.63) is 28.2 Å². The van der Waals surface area contributed by atoms with E-state index < -0.39 is 0 Å². The van der Waals surface area contributed by atoms with Crippen LogP contribution in [0.5, 0.6) is 5.75 Å². The highest BCUT2D eigenvalue weighted by atomic mass is 79.9. The van der Waals surface area contributed by atoms with Gasteiger partial charge in [-0.1, -0.05) is 22.0 Å². The lowest BCUT2D eigenvalue weighted by molar-refractivity contribution is -0.141. The van der Waals surface area contributed by atoms with Gasteiger partial charge in [0.1, 0.15) is 5.75 Å². The lowest BCUT2D eigenvalue weighted by Gasteiger charge is -2.06. The lowest BCUT2D eigenvalue weighted by Crippen LogP contribution is -2.09. The smallest absolute Gasteiger partial charge is 0.306 e. The first-order valence-corrected chi connectivity index (χ1v) is 5.49. The standard InChI is InChI=1S/C11H11BrO3/c1-14-11(13)4-7-6-15-10-5-8(12)2-3-9(7)10/h2-3,5,7H,4,6H2,1H3/t7-/m0/s1. The van der Waals surface area contributed by atoms with Crippen molar-refractivity contribution in [3.63, 3.8) is 0 Å². The summed E-state index contributed by atoms with van der Waals surface area (Å²) in [4.78, 5) is 11.2. The molecule has 1 aliphatic heterocycles. The third-order valence-corrected chi connectivity index (χ3v) is 2.99. The van der Waals surface area contributed by atoms with Gasteiger partial charge in [-0.05, 0) is 12.1 Å². The van der Waals surface area contributed by atoms with Gasteiger partial charge in [-0.15, -0.1) is 0 Å². The van der Waals surface area contributed by atoms with E-state index in [1.807, 2.05) is 18.2 Å². The number of hydrogen-bond acceptors (Lipinski definition) is 3. The summed E-state index contributed by atoms with van der Waals surface area (Å²) < 4.78 is 11.1.